The average molecular weight is 531 g/mol. The third-order valence-corrected chi connectivity index (χ3v) is 6.60. The zero-order valence-corrected chi connectivity index (χ0v) is 20.0. The molecule has 0 aliphatic heterocycles. The highest BCUT2D eigenvalue weighted by Gasteiger charge is 2.15. The molecule has 0 atom stereocenters. The Hall–Kier alpha value is -3.57. The SMILES string of the molecule is CC(=NNC(=O)c1ccc(NS(=O)(=O)c2ccc(Br)cc2)cc1)c1ccc(C)c([N+](=O)[O-])c1. The number of hydrogen-bond donors (Lipinski definition) is 2. The van der Waals surface area contributed by atoms with Gasteiger partial charge in [-0.25, -0.2) is 13.8 Å². The van der Waals surface area contributed by atoms with Crippen molar-refractivity contribution in [2.75, 3.05) is 4.72 Å². The Labute approximate surface area is 198 Å². The molecule has 9 nitrogen and oxygen atoms in total. The quantitative estimate of drug-likeness (QED) is 0.261. The molecule has 3 rings (SSSR count). The smallest absolute Gasteiger partial charge is 0.272 e. The van der Waals surface area contributed by atoms with E-state index in [1.807, 2.05) is 0 Å². The molecule has 0 bridgehead atoms. The maximum Gasteiger partial charge on any atom is 0.272 e. The Kier molecular flexibility index (Phi) is 7.24. The van der Waals surface area contributed by atoms with Gasteiger partial charge in [0.2, 0.25) is 0 Å². The standard InChI is InChI=1S/C22H19BrN4O5S/c1-14-3-4-17(13-21(14)27(29)30)15(2)24-25-22(28)16-5-9-19(10-6-16)26-33(31,32)20-11-7-18(23)8-12-20/h3-13,26H,1-2H3,(H,25,28). The molecule has 0 fully saturated rings. The van der Waals surface area contributed by atoms with Crippen LogP contribution in [0.25, 0.3) is 0 Å². The first-order valence-electron chi connectivity index (χ1n) is 9.55. The minimum Gasteiger partial charge on any atom is -0.280 e. The minimum absolute atomic E-state index is 0.0328. The van der Waals surface area contributed by atoms with Crippen LogP contribution < -0.4 is 10.1 Å². The van der Waals surface area contributed by atoms with Gasteiger partial charge in [0.15, 0.2) is 0 Å². The summed E-state index contributed by atoms with van der Waals surface area (Å²) in [4.78, 5) is 23.1. The monoisotopic (exact) mass is 530 g/mol. The molecule has 0 aliphatic rings. The van der Waals surface area contributed by atoms with Crippen LogP contribution in [0.4, 0.5) is 11.4 Å². The summed E-state index contributed by atoms with van der Waals surface area (Å²) in [5.74, 6) is -0.515. The van der Waals surface area contributed by atoms with Gasteiger partial charge in [0.25, 0.3) is 21.6 Å². The molecular weight excluding hydrogens is 512 g/mol. The average Bonchev–Trinajstić information content (AvgIpc) is 2.78. The number of halogens is 1. The molecule has 2 N–H and O–H groups in total. The molecular formula is C22H19BrN4O5S. The first kappa shape index (κ1) is 24.1. The Balaban J connectivity index is 1.68. The molecule has 170 valence electrons. The van der Waals surface area contributed by atoms with E-state index in [-0.39, 0.29) is 16.1 Å². The van der Waals surface area contributed by atoms with E-state index in [9.17, 15) is 23.3 Å². The van der Waals surface area contributed by atoms with E-state index in [2.05, 4.69) is 31.2 Å². The number of sulfonamides is 1. The summed E-state index contributed by atoms with van der Waals surface area (Å²) >= 11 is 3.26. The molecule has 0 unspecified atom stereocenters. The molecule has 0 radical (unpaired) electrons. The summed E-state index contributed by atoms with van der Waals surface area (Å²) in [5.41, 5.74) is 4.34. The molecule has 1 amide bonds. The Morgan fingerprint density at radius 1 is 1.00 bits per heavy atom. The zero-order valence-electron chi connectivity index (χ0n) is 17.6. The third kappa shape index (κ3) is 6.02. The van der Waals surface area contributed by atoms with Gasteiger partial charge < -0.3 is 0 Å². The van der Waals surface area contributed by atoms with Crippen molar-refractivity contribution >= 4 is 48.9 Å². The molecule has 0 heterocycles. The first-order chi connectivity index (χ1) is 15.6. The number of rotatable bonds is 7. The molecule has 0 saturated carbocycles. The van der Waals surface area contributed by atoms with Crippen LogP contribution in [0.15, 0.2) is 81.2 Å². The van der Waals surface area contributed by atoms with E-state index < -0.39 is 20.9 Å². The molecule has 0 aliphatic carbocycles. The van der Waals surface area contributed by atoms with Crippen LogP contribution in [-0.4, -0.2) is 25.0 Å². The number of hydrazone groups is 1. The van der Waals surface area contributed by atoms with E-state index in [1.54, 1.807) is 38.1 Å². The summed E-state index contributed by atoms with van der Waals surface area (Å²) in [6, 6.07) is 16.7. The van der Waals surface area contributed by atoms with Gasteiger partial charge in [0.1, 0.15) is 0 Å². The van der Waals surface area contributed by atoms with E-state index in [0.717, 1.165) is 4.47 Å². The predicted molar refractivity (Wildman–Crippen MR) is 129 cm³/mol. The van der Waals surface area contributed by atoms with Gasteiger partial charge in [0.05, 0.1) is 15.5 Å². The number of nitro benzene ring substituents is 1. The fourth-order valence-electron chi connectivity index (χ4n) is 2.81. The highest BCUT2D eigenvalue weighted by atomic mass is 79.9. The lowest BCUT2D eigenvalue weighted by Crippen LogP contribution is -2.19. The second kappa shape index (κ2) is 9.92. The van der Waals surface area contributed by atoms with Gasteiger partial charge >= 0.3 is 0 Å². The van der Waals surface area contributed by atoms with Crippen molar-refractivity contribution in [1.82, 2.24) is 5.43 Å². The van der Waals surface area contributed by atoms with Crippen molar-refractivity contribution in [1.29, 1.82) is 0 Å². The lowest BCUT2D eigenvalue weighted by Gasteiger charge is -2.09. The van der Waals surface area contributed by atoms with Crippen LogP contribution in [0.3, 0.4) is 0 Å². The van der Waals surface area contributed by atoms with E-state index >= 15 is 0 Å². The molecule has 0 spiro atoms. The lowest BCUT2D eigenvalue weighted by molar-refractivity contribution is -0.385. The van der Waals surface area contributed by atoms with E-state index in [0.29, 0.717) is 22.5 Å². The number of nitrogens with zero attached hydrogens (tertiary/aromatic N) is 2. The van der Waals surface area contributed by atoms with E-state index in [1.165, 1.54) is 42.5 Å². The predicted octanol–water partition coefficient (Wildman–Crippen LogP) is 4.62. The number of carbonyl (C=O) groups is 1. The largest absolute Gasteiger partial charge is 0.280 e. The summed E-state index contributed by atoms with van der Waals surface area (Å²) in [5, 5.41) is 15.1. The van der Waals surface area contributed by atoms with Gasteiger partial charge in [-0.05, 0) is 62.4 Å². The van der Waals surface area contributed by atoms with Gasteiger partial charge in [-0.1, -0.05) is 28.1 Å². The van der Waals surface area contributed by atoms with Crippen molar-refractivity contribution < 1.29 is 18.1 Å². The Morgan fingerprint density at radius 2 is 1.61 bits per heavy atom. The Bertz CT molecular complexity index is 1340. The number of amides is 1. The highest BCUT2D eigenvalue weighted by molar-refractivity contribution is 9.10. The van der Waals surface area contributed by atoms with Crippen LogP contribution in [0, 0.1) is 17.0 Å². The number of benzene rings is 3. The fraction of sp³-hybridized carbons (Fsp3) is 0.0909. The molecule has 3 aromatic rings. The topological polar surface area (TPSA) is 131 Å². The van der Waals surface area contributed by atoms with Crippen molar-refractivity contribution in [2.24, 2.45) is 5.10 Å². The molecule has 0 saturated heterocycles. The molecule has 11 heteroatoms. The second-order valence-electron chi connectivity index (χ2n) is 7.03. The van der Waals surface area contributed by atoms with Crippen LogP contribution in [-0.2, 0) is 10.0 Å². The zero-order chi connectivity index (χ0) is 24.2. The number of aryl methyl sites for hydroxylation is 1. The normalized spacial score (nSPS) is 11.7. The number of hydrogen-bond acceptors (Lipinski definition) is 6. The number of anilines is 1. The molecule has 3 aromatic carbocycles. The lowest BCUT2D eigenvalue weighted by atomic mass is 10.1. The second-order valence-corrected chi connectivity index (χ2v) is 9.63. The van der Waals surface area contributed by atoms with Gasteiger partial charge in [-0.2, -0.15) is 5.10 Å². The summed E-state index contributed by atoms with van der Waals surface area (Å²) in [7, 11) is -3.77. The van der Waals surface area contributed by atoms with Crippen molar-refractivity contribution in [3.05, 3.63) is 98.0 Å². The first-order valence-corrected chi connectivity index (χ1v) is 11.8. The molecule has 33 heavy (non-hydrogen) atoms. The Morgan fingerprint density at radius 3 is 2.21 bits per heavy atom. The van der Waals surface area contributed by atoms with Crippen LogP contribution in [0.2, 0.25) is 0 Å². The number of carbonyl (C=O) groups excluding carboxylic acids is 1. The highest BCUT2D eigenvalue weighted by Crippen LogP contribution is 2.20. The number of nitrogens with one attached hydrogen (secondary N) is 2. The minimum atomic E-state index is -3.77. The van der Waals surface area contributed by atoms with Crippen molar-refractivity contribution in [3.8, 4) is 0 Å². The summed E-state index contributed by atoms with van der Waals surface area (Å²) in [6.45, 7) is 3.26. The van der Waals surface area contributed by atoms with Crippen LogP contribution in [0.1, 0.15) is 28.4 Å². The van der Waals surface area contributed by atoms with Crippen LogP contribution >= 0.6 is 15.9 Å². The fourth-order valence-corrected chi connectivity index (χ4v) is 4.14. The maximum atomic E-state index is 12.5. The summed E-state index contributed by atoms with van der Waals surface area (Å²) < 4.78 is 28.1. The van der Waals surface area contributed by atoms with Crippen LogP contribution in [0.5, 0.6) is 0 Å². The van der Waals surface area contributed by atoms with Crippen molar-refractivity contribution in [3.63, 3.8) is 0 Å². The summed E-state index contributed by atoms with van der Waals surface area (Å²) in [6.07, 6.45) is 0. The number of nitro groups is 1. The van der Waals surface area contributed by atoms with E-state index in [4.69, 9.17) is 0 Å². The van der Waals surface area contributed by atoms with Crippen molar-refractivity contribution in [2.45, 2.75) is 18.7 Å². The molecule has 0 aromatic heterocycles. The van der Waals surface area contributed by atoms with Gasteiger partial charge in [0, 0.05) is 32.9 Å². The van der Waals surface area contributed by atoms with Gasteiger partial charge in [-0.15, -0.1) is 0 Å². The van der Waals surface area contributed by atoms with Gasteiger partial charge in [-0.3, -0.25) is 19.6 Å². The third-order valence-electron chi connectivity index (χ3n) is 4.67. The maximum absolute atomic E-state index is 12.5.